The molecule has 5 heteroatoms. The number of nitriles is 1. The number of hydrogen-bond acceptors (Lipinski definition) is 4. The highest BCUT2D eigenvalue weighted by Gasteiger charge is 2.16. The fraction of sp³-hybridized carbons (Fsp3) is 0.0769. The Balaban J connectivity index is 1.88. The molecule has 4 aromatic rings. The van der Waals surface area contributed by atoms with Crippen LogP contribution in [-0.4, -0.2) is 12.1 Å². The fourth-order valence-electron chi connectivity index (χ4n) is 3.29. The molecule has 0 saturated heterocycles. The monoisotopic (exact) mass is 425 g/mol. The van der Waals surface area contributed by atoms with Crippen LogP contribution in [0.5, 0.6) is 5.75 Å². The van der Waals surface area contributed by atoms with E-state index in [4.69, 9.17) is 21.3 Å². The summed E-state index contributed by atoms with van der Waals surface area (Å²) in [5, 5.41) is 14.0. The zero-order valence-electron chi connectivity index (χ0n) is 17.2. The van der Waals surface area contributed by atoms with E-state index >= 15 is 0 Å². The summed E-state index contributed by atoms with van der Waals surface area (Å²) in [7, 11) is 1.64. The molecule has 0 aliphatic heterocycles. The molecule has 3 aromatic carbocycles. The molecule has 4 nitrogen and oxygen atoms in total. The molecule has 1 N–H and O–H groups in total. The first-order valence-corrected chi connectivity index (χ1v) is 10.1. The van der Waals surface area contributed by atoms with Crippen molar-refractivity contribution in [3.63, 3.8) is 0 Å². The molecule has 0 radical (unpaired) electrons. The number of anilines is 2. The standard InChI is InChI=1S/C26H20ClN3O/c1-17-3-11-21(12-4-17)29-26-24(16-28)23(18-5-9-20(27)10-6-18)15-25(30-26)19-7-13-22(31-2)14-8-19/h3-15H,1-2H3,(H,29,30). The summed E-state index contributed by atoms with van der Waals surface area (Å²) in [5.74, 6) is 1.28. The van der Waals surface area contributed by atoms with Crippen LogP contribution in [0, 0.1) is 18.3 Å². The number of ether oxygens (including phenoxy) is 1. The predicted octanol–water partition coefficient (Wildman–Crippen LogP) is 7.00. The number of benzene rings is 3. The van der Waals surface area contributed by atoms with Crippen LogP contribution in [0.25, 0.3) is 22.4 Å². The highest BCUT2D eigenvalue weighted by Crippen LogP contribution is 2.34. The van der Waals surface area contributed by atoms with Crippen molar-refractivity contribution < 1.29 is 4.74 Å². The Morgan fingerprint density at radius 3 is 2.16 bits per heavy atom. The normalized spacial score (nSPS) is 10.4. The van der Waals surface area contributed by atoms with Crippen molar-refractivity contribution in [1.29, 1.82) is 5.26 Å². The van der Waals surface area contributed by atoms with Gasteiger partial charge in [-0.3, -0.25) is 0 Å². The molecule has 0 saturated carbocycles. The molecular weight excluding hydrogens is 406 g/mol. The number of aryl methyl sites for hydroxylation is 1. The van der Waals surface area contributed by atoms with Gasteiger partial charge in [0.05, 0.1) is 12.8 Å². The highest BCUT2D eigenvalue weighted by atomic mass is 35.5. The zero-order chi connectivity index (χ0) is 21.8. The van der Waals surface area contributed by atoms with E-state index in [1.165, 1.54) is 0 Å². The van der Waals surface area contributed by atoms with Gasteiger partial charge in [0.15, 0.2) is 0 Å². The third kappa shape index (κ3) is 4.53. The molecule has 0 aliphatic rings. The molecular formula is C26H20ClN3O. The number of halogens is 1. The van der Waals surface area contributed by atoms with E-state index in [1.807, 2.05) is 85.8 Å². The van der Waals surface area contributed by atoms with Gasteiger partial charge in [0, 0.05) is 21.8 Å². The summed E-state index contributed by atoms with van der Waals surface area (Å²) in [5.41, 5.74) is 5.85. The minimum absolute atomic E-state index is 0.472. The third-order valence-corrected chi connectivity index (χ3v) is 5.24. The molecule has 0 bridgehead atoms. The lowest BCUT2D eigenvalue weighted by molar-refractivity contribution is 0.415. The van der Waals surface area contributed by atoms with Crippen LogP contribution in [0.2, 0.25) is 5.02 Å². The number of hydrogen-bond donors (Lipinski definition) is 1. The minimum atomic E-state index is 0.472. The van der Waals surface area contributed by atoms with Gasteiger partial charge in [-0.05, 0) is 67.1 Å². The SMILES string of the molecule is COc1ccc(-c2cc(-c3ccc(Cl)cc3)c(C#N)c(Nc3ccc(C)cc3)n2)cc1. The van der Waals surface area contributed by atoms with Gasteiger partial charge in [-0.2, -0.15) is 5.26 Å². The van der Waals surface area contributed by atoms with Gasteiger partial charge in [-0.25, -0.2) is 4.98 Å². The molecule has 0 aliphatic carbocycles. The quantitative estimate of drug-likeness (QED) is 0.374. The molecule has 0 unspecified atom stereocenters. The number of nitrogens with one attached hydrogen (secondary N) is 1. The number of rotatable bonds is 5. The zero-order valence-corrected chi connectivity index (χ0v) is 17.9. The Kier molecular flexibility index (Phi) is 5.88. The number of pyridine rings is 1. The van der Waals surface area contributed by atoms with Crippen molar-refractivity contribution in [3.05, 3.63) is 95.0 Å². The van der Waals surface area contributed by atoms with E-state index < -0.39 is 0 Å². The minimum Gasteiger partial charge on any atom is -0.497 e. The van der Waals surface area contributed by atoms with Gasteiger partial charge in [-0.1, -0.05) is 41.4 Å². The maximum Gasteiger partial charge on any atom is 0.149 e. The average Bonchev–Trinajstić information content (AvgIpc) is 2.80. The third-order valence-electron chi connectivity index (χ3n) is 4.99. The summed E-state index contributed by atoms with van der Waals surface area (Å²) in [4.78, 5) is 4.79. The van der Waals surface area contributed by atoms with E-state index in [9.17, 15) is 5.26 Å². The lowest BCUT2D eigenvalue weighted by atomic mass is 9.98. The van der Waals surface area contributed by atoms with Crippen molar-refractivity contribution in [1.82, 2.24) is 4.98 Å². The summed E-state index contributed by atoms with van der Waals surface area (Å²) in [6.45, 7) is 2.03. The summed E-state index contributed by atoms with van der Waals surface area (Å²) >= 11 is 6.08. The van der Waals surface area contributed by atoms with Gasteiger partial charge < -0.3 is 10.1 Å². The van der Waals surface area contributed by atoms with Crippen LogP contribution in [0.15, 0.2) is 78.9 Å². The van der Waals surface area contributed by atoms with Gasteiger partial charge in [0.25, 0.3) is 0 Å². The van der Waals surface area contributed by atoms with E-state index in [2.05, 4.69) is 11.4 Å². The summed E-state index contributed by atoms with van der Waals surface area (Å²) in [6.07, 6.45) is 0. The van der Waals surface area contributed by atoms with Crippen molar-refractivity contribution in [2.24, 2.45) is 0 Å². The van der Waals surface area contributed by atoms with Gasteiger partial charge in [0.2, 0.25) is 0 Å². The molecule has 0 atom stereocenters. The smallest absolute Gasteiger partial charge is 0.149 e. The first-order chi connectivity index (χ1) is 15.1. The van der Waals surface area contributed by atoms with Crippen LogP contribution in [-0.2, 0) is 0 Å². The van der Waals surface area contributed by atoms with Gasteiger partial charge >= 0.3 is 0 Å². The topological polar surface area (TPSA) is 57.9 Å². The summed E-state index contributed by atoms with van der Waals surface area (Å²) < 4.78 is 5.27. The van der Waals surface area contributed by atoms with Crippen LogP contribution >= 0.6 is 11.6 Å². The first kappa shape index (κ1) is 20.5. The van der Waals surface area contributed by atoms with Crippen LogP contribution < -0.4 is 10.1 Å². The second-order valence-corrected chi connectivity index (χ2v) is 7.55. The maximum absolute atomic E-state index is 9.99. The van der Waals surface area contributed by atoms with Crippen molar-refractivity contribution in [3.8, 4) is 34.2 Å². The second kappa shape index (κ2) is 8.91. The molecule has 1 aromatic heterocycles. The molecule has 31 heavy (non-hydrogen) atoms. The Hall–Kier alpha value is -3.81. The molecule has 0 spiro atoms. The van der Waals surface area contributed by atoms with E-state index in [0.717, 1.165) is 39.4 Å². The Morgan fingerprint density at radius 1 is 0.903 bits per heavy atom. The fourth-order valence-corrected chi connectivity index (χ4v) is 3.42. The Bertz CT molecular complexity index is 1240. The van der Waals surface area contributed by atoms with Crippen molar-refractivity contribution in [2.75, 3.05) is 12.4 Å². The number of nitrogens with zero attached hydrogens (tertiary/aromatic N) is 2. The van der Waals surface area contributed by atoms with E-state index in [0.29, 0.717) is 16.4 Å². The second-order valence-electron chi connectivity index (χ2n) is 7.12. The molecule has 0 amide bonds. The molecule has 152 valence electrons. The maximum atomic E-state index is 9.99. The average molecular weight is 426 g/mol. The van der Waals surface area contributed by atoms with E-state index in [1.54, 1.807) is 7.11 Å². The first-order valence-electron chi connectivity index (χ1n) is 9.76. The Labute approximate surface area is 186 Å². The van der Waals surface area contributed by atoms with Gasteiger partial charge in [-0.15, -0.1) is 0 Å². The molecule has 1 heterocycles. The van der Waals surface area contributed by atoms with Crippen molar-refractivity contribution in [2.45, 2.75) is 6.92 Å². The Morgan fingerprint density at radius 2 is 1.55 bits per heavy atom. The molecule has 4 rings (SSSR count). The highest BCUT2D eigenvalue weighted by molar-refractivity contribution is 6.30. The molecule has 0 fully saturated rings. The van der Waals surface area contributed by atoms with Crippen molar-refractivity contribution >= 4 is 23.1 Å². The lowest BCUT2D eigenvalue weighted by Gasteiger charge is -2.15. The van der Waals surface area contributed by atoms with E-state index in [-0.39, 0.29) is 0 Å². The number of aromatic nitrogens is 1. The summed E-state index contributed by atoms with van der Waals surface area (Å²) in [6, 6.07) is 27.4. The predicted molar refractivity (Wildman–Crippen MR) is 126 cm³/mol. The van der Waals surface area contributed by atoms with Crippen LogP contribution in [0.4, 0.5) is 11.5 Å². The largest absolute Gasteiger partial charge is 0.497 e. The van der Waals surface area contributed by atoms with Gasteiger partial charge in [0.1, 0.15) is 23.2 Å². The number of methoxy groups -OCH3 is 1. The van der Waals surface area contributed by atoms with Crippen LogP contribution in [0.1, 0.15) is 11.1 Å². The lowest BCUT2D eigenvalue weighted by Crippen LogP contribution is -2.01. The van der Waals surface area contributed by atoms with Crippen LogP contribution in [0.3, 0.4) is 0 Å².